The van der Waals surface area contributed by atoms with E-state index in [9.17, 15) is 4.79 Å². The van der Waals surface area contributed by atoms with Crippen molar-refractivity contribution in [2.45, 2.75) is 33.2 Å². The predicted octanol–water partition coefficient (Wildman–Crippen LogP) is 2.83. The summed E-state index contributed by atoms with van der Waals surface area (Å²) < 4.78 is 15.8. The van der Waals surface area contributed by atoms with Crippen LogP contribution in [0.5, 0.6) is 11.5 Å². The van der Waals surface area contributed by atoms with Crippen molar-refractivity contribution >= 4 is 23.3 Å². The van der Waals surface area contributed by atoms with E-state index < -0.39 is 0 Å². The number of rotatable bonds is 7. The van der Waals surface area contributed by atoms with E-state index in [1.807, 2.05) is 32.0 Å². The van der Waals surface area contributed by atoms with E-state index in [4.69, 9.17) is 14.2 Å². The largest absolute Gasteiger partial charge is 0.462 e. The van der Waals surface area contributed by atoms with Gasteiger partial charge in [-0.15, -0.1) is 11.3 Å². The number of nitrogens with zero attached hydrogens (tertiary/aromatic N) is 2. The highest BCUT2D eigenvalue weighted by Crippen LogP contribution is 2.32. The van der Waals surface area contributed by atoms with Gasteiger partial charge in [-0.2, -0.15) is 0 Å². The van der Waals surface area contributed by atoms with Crippen LogP contribution in [0.25, 0.3) is 0 Å². The quantitative estimate of drug-likeness (QED) is 0.406. The molecule has 29 heavy (non-hydrogen) atoms. The molecule has 0 fully saturated rings. The van der Waals surface area contributed by atoms with Crippen molar-refractivity contribution in [2.24, 2.45) is 4.99 Å². The third-order valence-electron chi connectivity index (χ3n) is 4.36. The van der Waals surface area contributed by atoms with E-state index in [0.29, 0.717) is 29.7 Å². The van der Waals surface area contributed by atoms with Gasteiger partial charge in [-0.25, -0.2) is 9.78 Å². The molecule has 0 aliphatic carbocycles. The first-order valence-corrected chi connectivity index (χ1v) is 10.3. The van der Waals surface area contributed by atoms with Crippen LogP contribution in [-0.4, -0.2) is 43.9 Å². The summed E-state index contributed by atoms with van der Waals surface area (Å²) in [5.74, 6) is 1.92. The van der Waals surface area contributed by atoms with Crippen LogP contribution in [0, 0.1) is 6.92 Å². The third-order valence-corrected chi connectivity index (χ3v) is 5.68. The topological polar surface area (TPSA) is 94.1 Å². The van der Waals surface area contributed by atoms with Crippen LogP contribution in [0.4, 0.5) is 0 Å². The van der Waals surface area contributed by atoms with E-state index in [1.165, 1.54) is 11.3 Å². The fourth-order valence-electron chi connectivity index (χ4n) is 2.87. The number of fused-ring (bicyclic) bond motifs is 1. The summed E-state index contributed by atoms with van der Waals surface area (Å²) in [7, 11) is 1.72. The van der Waals surface area contributed by atoms with Crippen LogP contribution in [0.3, 0.4) is 0 Å². The molecule has 2 N–H and O–H groups in total. The molecular weight excluding hydrogens is 392 g/mol. The molecule has 0 saturated heterocycles. The minimum atomic E-state index is -0.327. The number of carbonyl (C=O) groups excluding carboxylic acids is 1. The Balaban J connectivity index is 1.53. The molecule has 2 aromatic rings. The number of carbonyl (C=O) groups is 1. The Kier molecular flexibility index (Phi) is 6.92. The number of aryl methyl sites for hydroxylation is 1. The third kappa shape index (κ3) is 5.17. The van der Waals surface area contributed by atoms with Crippen molar-refractivity contribution in [3.05, 3.63) is 39.3 Å². The minimum Gasteiger partial charge on any atom is -0.462 e. The number of hydrogen-bond acceptors (Lipinski definition) is 7. The van der Waals surface area contributed by atoms with Gasteiger partial charge in [0.15, 0.2) is 17.5 Å². The van der Waals surface area contributed by atoms with Gasteiger partial charge >= 0.3 is 5.97 Å². The first-order valence-electron chi connectivity index (χ1n) is 9.52. The summed E-state index contributed by atoms with van der Waals surface area (Å²) >= 11 is 1.34. The summed E-state index contributed by atoms with van der Waals surface area (Å²) in [6.07, 6.45) is 0.815. The van der Waals surface area contributed by atoms with Crippen molar-refractivity contribution in [2.75, 3.05) is 27.0 Å². The Morgan fingerprint density at radius 1 is 1.38 bits per heavy atom. The van der Waals surface area contributed by atoms with Gasteiger partial charge in [-0.3, -0.25) is 4.99 Å². The zero-order chi connectivity index (χ0) is 20.8. The average molecular weight is 419 g/mol. The van der Waals surface area contributed by atoms with E-state index in [-0.39, 0.29) is 18.8 Å². The summed E-state index contributed by atoms with van der Waals surface area (Å²) in [4.78, 5) is 21.3. The molecule has 0 radical (unpaired) electrons. The number of nitrogens with one attached hydrogen (secondary N) is 2. The van der Waals surface area contributed by atoms with E-state index in [0.717, 1.165) is 28.5 Å². The van der Waals surface area contributed by atoms with Gasteiger partial charge in [0.05, 0.1) is 18.3 Å². The van der Waals surface area contributed by atoms with Gasteiger partial charge < -0.3 is 24.8 Å². The molecule has 1 unspecified atom stereocenters. The van der Waals surface area contributed by atoms with Crippen LogP contribution < -0.4 is 20.1 Å². The molecule has 0 amide bonds. The molecule has 2 heterocycles. The molecule has 1 aromatic carbocycles. The molecule has 1 aliphatic heterocycles. The summed E-state index contributed by atoms with van der Waals surface area (Å²) in [6, 6.07) is 5.86. The van der Waals surface area contributed by atoms with Gasteiger partial charge in [0.2, 0.25) is 6.79 Å². The van der Waals surface area contributed by atoms with Crippen LogP contribution in [0.2, 0.25) is 0 Å². The predicted molar refractivity (Wildman–Crippen MR) is 112 cm³/mol. The fourth-order valence-corrected chi connectivity index (χ4v) is 3.83. The summed E-state index contributed by atoms with van der Waals surface area (Å²) in [5, 5.41) is 7.42. The average Bonchev–Trinajstić information content (AvgIpc) is 3.33. The molecule has 9 heteroatoms. The molecule has 3 rings (SSSR count). The number of benzene rings is 1. The lowest BCUT2D eigenvalue weighted by atomic mass is 10.1. The molecular formula is C20H26N4O4S. The SMILES string of the molecule is CCOC(=O)c1sc(C(C)NC(=NC)NCCc2ccc3c(c2)OCO3)nc1C. The number of guanidine groups is 1. The van der Waals surface area contributed by atoms with E-state index >= 15 is 0 Å². The highest BCUT2D eigenvalue weighted by molar-refractivity contribution is 7.13. The highest BCUT2D eigenvalue weighted by Gasteiger charge is 2.20. The Morgan fingerprint density at radius 3 is 2.93 bits per heavy atom. The van der Waals surface area contributed by atoms with E-state index in [2.05, 4.69) is 20.6 Å². The Labute approximate surface area is 174 Å². The highest BCUT2D eigenvalue weighted by atomic mass is 32.1. The molecule has 1 aliphatic rings. The van der Waals surface area contributed by atoms with Crippen molar-refractivity contribution < 1.29 is 19.0 Å². The van der Waals surface area contributed by atoms with Crippen molar-refractivity contribution in [3.63, 3.8) is 0 Å². The smallest absolute Gasteiger partial charge is 0.350 e. The Morgan fingerprint density at radius 2 is 2.17 bits per heavy atom. The normalized spacial score (nSPS) is 13.9. The zero-order valence-corrected chi connectivity index (χ0v) is 17.9. The lowest BCUT2D eigenvalue weighted by molar-refractivity contribution is 0.0531. The standard InChI is InChI=1S/C20H26N4O4S/c1-5-26-19(25)17-12(2)23-18(29-17)13(3)24-20(21-4)22-9-8-14-6-7-15-16(10-14)28-11-27-15/h6-7,10,13H,5,8-9,11H2,1-4H3,(H2,21,22,24). The monoisotopic (exact) mass is 418 g/mol. The van der Waals surface area contributed by atoms with Gasteiger partial charge in [-0.1, -0.05) is 6.07 Å². The molecule has 156 valence electrons. The first kappa shape index (κ1) is 20.9. The molecule has 0 bridgehead atoms. The van der Waals surface area contributed by atoms with Crippen LogP contribution in [-0.2, 0) is 11.2 Å². The van der Waals surface area contributed by atoms with Gasteiger partial charge in [-0.05, 0) is 44.9 Å². The maximum absolute atomic E-state index is 12.0. The lowest BCUT2D eigenvalue weighted by Crippen LogP contribution is -2.39. The molecule has 0 spiro atoms. The maximum atomic E-state index is 12.0. The Hall–Kier alpha value is -2.81. The number of thiazole rings is 1. The lowest BCUT2D eigenvalue weighted by Gasteiger charge is -2.16. The van der Waals surface area contributed by atoms with Crippen molar-refractivity contribution in [1.29, 1.82) is 0 Å². The van der Waals surface area contributed by atoms with Crippen LogP contribution in [0.15, 0.2) is 23.2 Å². The van der Waals surface area contributed by atoms with Gasteiger partial charge in [0, 0.05) is 13.6 Å². The van der Waals surface area contributed by atoms with Gasteiger partial charge in [0.1, 0.15) is 9.88 Å². The zero-order valence-electron chi connectivity index (χ0n) is 17.1. The maximum Gasteiger partial charge on any atom is 0.350 e. The number of aromatic nitrogens is 1. The number of hydrogen-bond donors (Lipinski definition) is 2. The van der Waals surface area contributed by atoms with Crippen LogP contribution in [0.1, 0.15) is 45.8 Å². The second-order valence-electron chi connectivity index (χ2n) is 6.49. The number of esters is 1. The summed E-state index contributed by atoms with van der Waals surface area (Å²) in [6.45, 7) is 6.92. The van der Waals surface area contributed by atoms with Crippen LogP contribution >= 0.6 is 11.3 Å². The van der Waals surface area contributed by atoms with Crippen molar-refractivity contribution in [3.8, 4) is 11.5 Å². The van der Waals surface area contributed by atoms with Crippen molar-refractivity contribution in [1.82, 2.24) is 15.6 Å². The molecule has 1 aromatic heterocycles. The second kappa shape index (κ2) is 9.60. The fraction of sp³-hybridized carbons (Fsp3) is 0.450. The van der Waals surface area contributed by atoms with Gasteiger partial charge in [0.25, 0.3) is 0 Å². The molecule has 1 atom stereocenters. The Bertz CT molecular complexity index is 897. The number of ether oxygens (including phenoxy) is 3. The summed E-state index contributed by atoms with van der Waals surface area (Å²) in [5.41, 5.74) is 1.84. The first-order chi connectivity index (χ1) is 14.0. The second-order valence-corrected chi connectivity index (χ2v) is 7.52. The minimum absolute atomic E-state index is 0.0985. The molecule has 8 nitrogen and oxygen atoms in total. The molecule has 0 saturated carbocycles. The van der Waals surface area contributed by atoms with E-state index in [1.54, 1.807) is 14.0 Å². The number of aliphatic imine (C=N–C) groups is 1.